The predicted octanol–water partition coefficient (Wildman–Crippen LogP) is 2.88. The van der Waals surface area contributed by atoms with Crippen molar-refractivity contribution in [3.8, 4) is 0 Å². The third-order valence-corrected chi connectivity index (χ3v) is 1.87. The van der Waals surface area contributed by atoms with Crippen LogP contribution in [0.2, 0.25) is 0 Å². The summed E-state index contributed by atoms with van der Waals surface area (Å²) < 4.78 is 36.9. The number of hydrogen-bond acceptors (Lipinski definition) is 2. The smallest absolute Gasteiger partial charge is 0.393 e. The molecule has 0 saturated carbocycles. The summed E-state index contributed by atoms with van der Waals surface area (Å²) in [6.45, 7) is 1.61. The van der Waals surface area contributed by atoms with Crippen LogP contribution < -0.4 is 0 Å². The van der Waals surface area contributed by atoms with Gasteiger partial charge in [-0.05, 0) is 25.0 Å². The second-order valence-corrected chi connectivity index (χ2v) is 3.49. The van der Waals surface area contributed by atoms with Crippen LogP contribution in [0.15, 0.2) is 24.5 Å². The van der Waals surface area contributed by atoms with Gasteiger partial charge in [0.2, 0.25) is 0 Å². The van der Waals surface area contributed by atoms with E-state index in [-0.39, 0.29) is 0 Å². The Morgan fingerprint density at radius 1 is 1.44 bits per heavy atom. The summed E-state index contributed by atoms with van der Waals surface area (Å²) in [6.07, 6.45) is 0.767. The Bertz CT molecular complexity index is 372. The number of alkyl halides is 3. The lowest BCUT2D eigenvalue weighted by Crippen LogP contribution is -2.05. The first-order chi connectivity index (χ1) is 7.39. The summed E-state index contributed by atoms with van der Waals surface area (Å²) in [5.74, 6) is 0. The van der Waals surface area contributed by atoms with E-state index in [1.807, 2.05) is 0 Å². The van der Waals surface area contributed by atoms with Crippen LogP contribution in [0, 0.1) is 0 Å². The van der Waals surface area contributed by atoms with Gasteiger partial charge in [0.15, 0.2) is 0 Å². The maximum absolute atomic E-state index is 12.3. The van der Waals surface area contributed by atoms with Gasteiger partial charge in [0.25, 0.3) is 0 Å². The third-order valence-electron chi connectivity index (χ3n) is 1.87. The summed E-state index contributed by atoms with van der Waals surface area (Å²) >= 11 is 0. The van der Waals surface area contributed by atoms with Crippen LogP contribution in [0.1, 0.15) is 24.5 Å². The quantitative estimate of drug-likeness (QED) is 0.867. The minimum atomic E-state index is -4.37. The molecule has 0 bridgehead atoms. The molecule has 1 unspecified atom stereocenters. The van der Waals surface area contributed by atoms with E-state index in [0.717, 1.165) is 12.3 Å². The Morgan fingerprint density at radius 3 is 2.69 bits per heavy atom. The van der Waals surface area contributed by atoms with Crippen molar-refractivity contribution in [1.29, 1.82) is 0 Å². The number of nitrogens with zero attached hydrogens (tertiary/aromatic N) is 1. The molecule has 1 aromatic heterocycles. The highest BCUT2D eigenvalue weighted by Gasteiger charge is 2.30. The Kier molecular flexibility index (Phi) is 4.06. The molecule has 0 aliphatic rings. The molecule has 88 valence electrons. The number of halogens is 3. The molecule has 1 N–H and O–H groups in total. The van der Waals surface area contributed by atoms with Crippen LogP contribution in [0.4, 0.5) is 13.2 Å². The van der Waals surface area contributed by atoms with Gasteiger partial charge in [-0.3, -0.25) is 4.98 Å². The lowest BCUT2D eigenvalue weighted by atomic mass is 10.1. The van der Waals surface area contributed by atoms with Crippen molar-refractivity contribution < 1.29 is 18.3 Å². The monoisotopic (exact) mass is 231 g/mol. The molecule has 0 aliphatic heterocycles. The average Bonchev–Trinajstić information content (AvgIpc) is 2.16. The Hall–Kier alpha value is -1.36. The zero-order valence-electron chi connectivity index (χ0n) is 8.70. The maximum atomic E-state index is 12.3. The van der Waals surface area contributed by atoms with Gasteiger partial charge in [-0.2, -0.15) is 13.2 Å². The van der Waals surface area contributed by atoms with E-state index < -0.39 is 17.8 Å². The summed E-state index contributed by atoms with van der Waals surface area (Å²) in [4.78, 5) is 3.52. The minimum Gasteiger partial charge on any atom is -0.393 e. The zero-order chi connectivity index (χ0) is 12.2. The molecular weight excluding hydrogens is 219 g/mol. The van der Waals surface area contributed by atoms with Crippen LogP contribution in [-0.2, 0) is 6.18 Å². The number of aliphatic hydroxyl groups is 1. The van der Waals surface area contributed by atoms with E-state index in [1.54, 1.807) is 13.0 Å². The Balaban J connectivity index is 2.79. The molecule has 1 heterocycles. The third kappa shape index (κ3) is 4.02. The molecule has 0 fully saturated rings. The van der Waals surface area contributed by atoms with Gasteiger partial charge in [0.1, 0.15) is 0 Å². The lowest BCUT2D eigenvalue weighted by molar-refractivity contribution is -0.137. The molecule has 5 heteroatoms. The van der Waals surface area contributed by atoms with Gasteiger partial charge in [-0.15, -0.1) is 0 Å². The maximum Gasteiger partial charge on any atom is 0.417 e. The molecule has 0 aliphatic carbocycles. The second kappa shape index (κ2) is 5.12. The fraction of sp³-hybridized carbons (Fsp3) is 0.364. The number of aromatic nitrogens is 1. The summed E-state index contributed by atoms with van der Waals surface area (Å²) in [5, 5.41) is 8.97. The molecule has 0 saturated heterocycles. The number of aliphatic hydroxyl groups excluding tert-OH is 1. The molecular formula is C11H12F3NO. The second-order valence-electron chi connectivity index (χ2n) is 3.49. The minimum absolute atomic E-state index is 0.371. The highest BCUT2D eigenvalue weighted by atomic mass is 19.4. The normalized spacial score (nSPS) is 14.3. The van der Waals surface area contributed by atoms with E-state index in [4.69, 9.17) is 5.11 Å². The average molecular weight is 231 g/mol. The molecule has 1 atom stereocenters. The fourth-order valence-electron chi connectivity index (χ4n) is 1.10. The topological polar surface area (TPSA) is 33.1 Å². The highest BCUT2D eigenvalue weighted by Crippen LogP contribution is 2.29. The van der Waals surface area contributed by atoms with Crippen molar-refractivity contribution in [2.45, 2.75) is 25.6 Å². The van der Waals surface area contributed by atoms with Gasteiger partial charge < -0.3 is 5.11 Å². The van der Waals surface area contributed by atoms with Crippen molar-refractivity contribution in [2.75, 3.05) is 0 Å². The van der Waals surface area contributed by atoms with Crippen molar-refractivity contribution >= 4 is 6.08 Å². The summed E-state index contributed by atoms with van der Waals surface area (Å²) in [7, 11) is 0. The van der Waals surface area contributed by atoms with Crippen LogP contribution in [-0.4, -0.2) is 16.2 Å². The largest absolute Gasteiger partial charge is 0.417 e. The zero-order valence-corrected chi connectivity index (χ0v) is 8.70. The predicted molar refractivity (Wildman–Crippen MR) is 54.6 cm³/mol. The van der Waals surface area contributed by atoms with Crippen LogP contribution in [0.3, 0.4) is 0 Å². The van der Waals surface area contributed by atoms with Gasteiger partial charge in [0.05, 0.1) is 11.7 Å². The van der Waals surface area contributed by atoms with Crippen molar-refractivity contribution in [2.24, 2.45) is 0 Å². The van der Waals surface area contributed by atoms with Crippen LogP contribution in [0.5, 0.6) is 0 Å². The summed E-state index contributed by atoms with van der Waals surface area (Å²) in [6, 6.07) is 1.02. The Labute approximate surface area is 91.4 Å². The van der Waals surface area contributed by atoms with Crippen molar-refractivity contribution in [3.05, 3.63) is 35.7 Å². The first kappa shape index (κ1) is 12.7. The molecule has 1 aromatic rings. The first-order valence-electron chi connectivity index (χ1n) is 4.76. The number of pyridine rings is 1. The number of rotatable bonds is 3. The van der Waals surface area contributed by atoms with E-state index in [2.05, 4.69) is 4.98 Å². The molecule has 0 amide bonds. The van der Waals surface area contributed by atoms with E-state index in [9.17, 15) is 13.2 Å². The van der Waals surface area contributed by atoms with E-state index >= 15 is 0 Å². The molecule has 0 spiro atoms. The van der Waals surface area contributed by atoms with Crippen molar-refractivity contribution in [3.63, 3.8) is 0 Å². The van der Waals surface area contributed by atoms with Gasteiger partial charge in [-0.25, -0.2) is 0 Å². The summed E-state index contributed by atoms with van der Waals surface area (Å²) in [5.41, 5.74) is -0.401. The standard InChI is InChI=1S/C11H12F3NO/c1-8(16)3-2-4-9-5-10(7-15-6-9)11(12,13)14/h2,4-8,16H,3H2,1H3. The molecule has 2 nitrogen and oxygen atoms in total. The highest BCUT2D eigenvalue weighted by molar-refractivity contribution is 5.49. The SMILES string of the molecule is CC(O)CC=Cc1cncc(C(F)(F)F)c1. The van der Waals surface area contributed by atoms with E-state index in [0.29, 0.717) is 12.0 Å². The molecule has 1 rings (SSSR count). The fourth-order valence-corrected chi connectivity index (χ4v) is 1.10. The van der Waals surface area contributed by atoms with E-state index in [1.165, 1.54) is 12.3 Å². The Morgan fingerprint density at radius 2 is 2.12 bits per heavy atom. The number of hydrogen-bond donors (Lipinski definition) is 1. The van der Waals surface area contributed by atoms with Crippen molar-refractivity contribution in [1.82, 2.24) is 4.98 Å². The van der Waals surface area contributed by atoms with Gasteiger partial charge in [-0.1, -0.05) is 12.2 Å². The van der Waals surface area contributed by atoms with Gasteiger partial charge >= 0.3 is 6.18 Å². The molecule has 0 aromatic carbocycles. The lowest BCUT2D eigenvalue weighted by Gasteiger charge is -2.06. The molecule has 0 radical (unpaired) electrons. The first-order valence-corrected chi connectivity index (χ1v) is 4.76. The van der Waals surface area contributed by atoms with Crippen LogP contribution in [0.25, 0.3) is 6.08 Å². The van der Waals surface area contributed by atoms with Gasteiger partial charge in [0, 0.05) is 12.4 Å². The van der Waals surface area contributed by atoms with Crippen LogP contribution >= 0.6 is 0 Å². The molecule has 16 heavy (non-hydrogen) atoms.